The lowest BCUT2D eigenvalue weighted by Crippen LogP contribution is -2.26. The second-order valence-electron chi connectivity index (χ2n) is 5.40. The number of fused-ring (bicyclic) bond motifs is 1. The molecule has 1 aliphatic carbocycles. The van der Waals surface area contributed by atoms with Crippen LogP contribution < -0.4 is 5.69 Å². The highest BCUT2D eigenvalue weighted by Gasteiger charge is 2.25. The third kappa shape index (κ3) is 2.36. The van der Waals surface area contributed by atoms with Crippen molar-refractivity contribution >= 4 is 22.8 Å². The number of nitrogens with zero attached hydrogens (tertiary/aromatic N) is 2. The van der Waals surface area contributed by atoms with E-state index < -0.39 is 5.82 Å². The first-order chi connectivity index (χ1) is 10.2. The number of nitriles is 1. The lowest BCUT2D eigenvalue weighted by atomic mass is 9.94. The first kappa shape index (κ1) is 14.2. The molecule has 1 heterocycles. The van der Waals surface area contributed by atoms with Crippen molar-refractivity contribution in [1.82, 2.24) is 9.55 Å². The summed E-state index contributed by atoms with van der Waals surface area (Å²) in [5.74, 6) is -0.636. The predicted molar refractivity (Wildman–Crippen MR) is 82.0 cm³/mol. The molecule has 0 saturated heterocycles. The number of benzene rings is 1. The topological polar surface area (TPSA) is 61.6 Å². The molecule has 0 radical (unpaired) electrons. The van der Waals surface area contributed by atoms with Gasteiger partial charge in [0.05, 0.1) is 11.1 Å². The van der Waals surface area contributed by atoms with Gasteiger partial charge in [0.1, 0.15) is 11.6 Å². The molecule has 0 spiro atoms. The molecule has 1 N–H and O–H groups in total. The van der Waals surface area contributed by atoms with Crippen molar-refractivity contribution in [2.75, 3.05) is 6.26 Å². The van der Waals surface area contributed by atoms with Crippen molar-refractivity contribution in [2.24, 2.45) is 0 Å². The molecular formula is C15H16FN3OS. The number of halogens is 1. The summed E-state index contributed by atoms with van der Waals surface area (Å²) in [4.78, 5) is 14.8. The monoisotopic (exact) mass is 305 g/mol. The van der Waals surface area contributed by atoms with Crippen molar-refractivity contribution in [2.45, 2.75) is 37.0 Å². The Labute approximate surface area is 126 Å². The Hall–Kier alpha value is -1.74. The molecule has 3 rings (SSSR count). The fraction of sp³-hybridized carbons (Fsp3) is 0.467. The molecule has 0 unspecified atom stereocenters. The molecule has 6 heteroatoms. The van der Waals surface area contributed by atoms with Gasteiger partial charge < -0.3 is 4.98 Å². The van der Waals surface area contributed by atoms with Gasteiger partial charge in [0.25, 0.3) is 0 Å². The predicted octanol–water partition coefficient (Wildman–Crippen LogP) is 3.19. The molecule has 1 saturated carbocycles. The second kappa shape index (κ2) is 5.57. The average molecular weight is 305 g/mol. The highest BCUT2D eigenvalue weighted by Crippen LogP contribution is 2.34. The average Bonchev–Trinajstić information content (AvgIpc) is 2.85. The van der Waals surface area contributed by atoms with Crippen LogP contribution in [-0.2, 0) is 0 Å². The second-order valence-corrected chi connectivity index (χ2v) is 6.54. The molecule has 1 fully saturated rings. The molecule has 0 bridgehead atoms. The van der Waals surface area contributed by atoms with E-state index in [4.69, 9.17) is 5.26 Å². The Morgan fingerprint density at radius 2 is 2.10 bits per heavy atom. The van der Waals surface area contributed by atoms with Crippen molar-refractivity contribution in [3.8, 4) is 6.07 Å². The highest BCUT2D eigenvalue weighted by molar-refractivity contribution is 7.99. The first-order valence-electron chi connectivity index (χ1n) is 7.01. The van der Waals surface area contributed by atoms with Crippen LogP contribution in [0.2, 0.25) is 0 Å². The quantitative estimate of drug-likeness (QED) is 0.927. The van der Waals surface area contributed by atoms with Crippen LogP contribution in [0.25, 0.3) is 11.0 Å². The summed E-state index contributed by atoms with van der Waals surface area (Å²) >= 11 is 1.87. The van der Waals surface area contributed by atoms with Gasteiger partial charge in [-0.1, -0.05) is 0 Å². The zero-order valence-corrected chi connectivity index (χ0v) is 12.5. The number of rotatable bonds is 2. The third-order valence-electron chi connectivity index (χ3n) is 4.29. The molecule has 0 aliphatic heterocycles. The molecule has 1 aliphatic rings. The van der Waals surface area contributed by atoms with Gasteiger partial charge in [0, 0.05) is 11.3 Å². The fourth-order valence-corrected chi connectivity index (χ4v) is 3.89. The summed E-state index contributed by atoms with van der Waals surface area (Å²) in [5, 5.41) is 9.52. The largest absolute Gasteiger partial charge is 0.326 e. The molecule has 2 aromatic rings. The number of H-pyrrole nitrogens is 1. The van der Waals surface area contributed by atoms with Gasteiger partial charge in [0.2, 0.25) is 0 Å². The minimum atomic E-state index is -0.636. The number of hydrogen-bond donors (Lipinski definition) is 1. The highest BCUT2D eigenvalue weighted by atomic mass is 32.2. The molecular weight excluding hydrogens is 289 g/mol. The van der Waals surface area contributed by atoms with Gasteiger partial charge in [-0.25, -0.2) is 9.18 Å². The minimum Gasteiger partial charge on any atom is -0.303 e. The number of imidazole rings is 1. The van der Waals surface area contributed by atoms with E-state index >= 15 is 0 Å². The standard InChI is InChI=1S/C15H16FN3OS/c1-21-11-5-3-10(4-6-11)19-12-7-2-9(8-17)13(16)14(12)18-15(19)20/h2,7,10-11H,3-6H2,1H3,(H,18,20). The van der Waals surface area contributed by atoms with E-state index in [9.17, 15) is 9.18 Å². The molecule has 110 valence electrons. The van der Waals surface area contributed by atoms with Gasteiger partial charge in [-0.05, 0) is 44.1 Å². The number of thioether (sulfide) groups is 1. The molecule has 1 aromatic carbocycles. The molecule has 4 nitrogen and oxygen atoms in total. The van der Waals surface area contributed by atoms with E-state index in [1.54, 1.807) is 16.7 Å². The van der Waals surface area contributed by atoms with Crippen LogP contribution in [0.5, 0.6) is 0 Å². The van der Waals surface area contributed by atoms with Gasteiger partial charge in [-0.2, -0.15) is 17.0 Å². The lowest BCUT2D eigenvalue weighted by molar-refractivity contribution is 0.360. The maximum Gasteiger partial charge on any atom is 0.326 e. The van der Waals surface area contributed by atoms with Crippen LogP contribution in [0.15, 0.2) is 16.9 Å². The minimum absolute atomic E-state index is 0.0398. The summed E-state index contributed by atoms with van der Waals surface area (Å²) in [7, 11) is 0. The Morgan fingerprint density at radius 1 is 1.38 bits per heavy atom. The summed E-state index contributed by atoms with van der Waals surface area (Å²) < 4.78 is 15.8. The van der Waals surface area contributed by atoms with Crippen molar-refractivity contribution in [3.05, 3.63) is 34.0 Å². The first-order valence-corrected chi connectivity index (χ1v) is 8.30. The Bertz CT molecular complexity index is 766. The van der Waals surface area contributed by atoms with E-state index in [1.165, 1.54) is 6.07 Å². The summed E-state index contributed by atoms with van der Waals surface area (Å²) in [6.45, 7) is 0. The maximum absolute atomic E-state index is 14.1. The van der Waals surface area contributed by atoms with Crippen LogP contribution in [0.3, 0.4) is 0 Å². The maximum atomic E-state index is 14.1. The van der Waals surface area contributed by atoms with Crippen LogP contribution in [0.4, 0.5) is 4.39 Å². The molecule has 0 amide bonds. The van der Waals surface area contributed by atoms with Crippen molar-refractivity contribution in [1.29, 1.82) is 5.26 Å². The van der Waals surface area contributed by atoms with E-state index in [-0.39, 0.29) is 22.8 Å². The Morgan fingerprint density at radius 3 is 2.71 bits per heavy atom. The van der Waals surface area contributed by atoms with E-state index in [1.807, 2.05) is 11.8 Å². The third-order valence-corrected chi connectivity index (χ3v) is 5.43. The molecule has 21 heavy (non-hydrogen) atoms. The van der Waals surface area contributed by atoms with Gasteiger partial charge in [-0.3, -0.25) is 4.57 Å². The fourth-order valence-electron chi connectivity index (χ4n) is 3.15. The van der Waals surface area contributed by atoms with E-state index in [2.05, 4.69) is 11.2 Å². The van der Waals surface area contributed by atoms with Crippen LogP contribution in [0.1, 0.15) is 37.3 Å². The Balaban J connectivity index is 2.04. The van der Waals surface area contributed by atoms with Gasteiger partial charge in [0.15, 0.2) is 5.82 Å². The summed E-state index contributed by atoms with van der Waals surface area (Å²) in [6, 6.07) is 5.01. The van der Waals surface area contributed by atoms with Crippen molar-refractivity contribution < 1.29 is 4.39 Å². The van der Waals surface area contributed by atoms with E-state index in [0.717, 1.165) is 25.7 Å². The number of nitrogens with one attached hydrogen (secondary N) is 1. The van der Waals surface area contributed by atoms with Gasteiger partial charge >= 0.3 is 5.69 Å². The lowest BCUT2D eigenvalue weighted by Gasteiger charge is -2.28. The van der Waals surface area contributed by atoms with Crippen molar-refractivity contribution in [3.63, 3.8) is 0 Å². The normalized spacial score (nSPS) is 22.3. The number of hydrogen-bond acceptors (Lipinski definition) is 3. The number of aromatic nitrogens is 2. The zero-order chi connectivity index (χ0) is 15.0. The Kier molecular flexibility index (Phi) is 3.77. The zero-order valence-electron chi connectivity index (χ0n) is 11.7. The SMILES string of the molecule is CSC1CCC(n2c(=O)[nH]c3c(F)c(C#N)ccc32)CC1. The molecule has 0 atom stereocenters. The smallest absolute Gasteiger partial charge is 0.303 e. The summed E-state index contributed by atoms with van der Waals surface area (Å²) in [5.41, 5.74) is 0.378. The van der Waals surface area contributed by atoms with Gasteiger partial charge in [-0.15, -0.1) is 0 Å². The summed E-state index contributed by atoms with van der Waals surface area (Å²) in [6.07, 6.45) is 6.12. The van der Waals surface area contributed by atoms with Crippen LogP contribution >= 0.6 is 11.8 Å². The number of aromatic amines is 1. The van der Waals surface area contributed by atoms with Crippen LogP contribution in [-0.4, -0.2) is 21.1 Å². The van der Waals surface area contributed by atoms with Crippen LogP contribution in [0, 0.1) is 17.1 Å². The van der Waals surface area contributed by atoms with E-state index in [0.29, 0.717) is 10.8 Å². The molecule has 1 aromatic heterocycles.